The van der Waals surface area contributed by atoms with Gasteiger partial charge in [0.15, 0.2) is 11.5 Å². The number of fused-ring (bicyclic) bond motifs is 3. The molecular weight excluding hydrogens is 510 g/mol. The Morgan fingerprint density at radius 3 is 2.50 bits per heavy atom. The summed E-state index contributed by atoms with van der Waals surface area (Å²) in [6, 6.07) is 21.7. The van der Waals surface area contributed by atoms with Gasteiger partial charge in [-0.05, 0) is 59.7 Å². The molecule has 0 bridgehead atoms. The van der Waals surface area contributed by atoms with Crippen molar-refractivity contribution in [1.82, 2.24) is 4.98 Å². The van der Waals surface area contributed by atoms with Gasteiger partial charge in [0.25, 0.3) is 0 Å². The van der Waals surface area contributed by atoms with E-state index in [2.05, 4.69) is 4.98 Å². The summed E-state index contributed by atoms with van der Waals surface area (Å²) in [5.41, 5.74) is 3.56. The molecule has 40 heavy (non-hydrogen) atoms. The highest BCUT2D eigenvalue weighted by molar-refractivity contribution is 5.90. The smallest absolute Gasteiger partial charge is 0.312 e. The molecule has 200 valence electrons. The summed E-state index contributed by atoms with van der Waals surface area (Å²) in [6.07, 6.45) is 3.27. The van der Waals surface area contributed by atoms with Crippen LogP contribution in [0.1, 0.15) is 29.2 Å². The van der Waals surface area contributed by atoms with Gasteiger partial charge in [-0.15, -0.1) is 0 Å². The highest BCUT2D eigenvalue weighted by Crippen LogP contribution is 2.43. The Morgan fingerprint density at radius 2 is 1.75 bits per heavy atom. The van der Waals surface area contributed by atoms with E-state index in [-0.39, 0.29) is 23.7 Å². The monoisotopic (exact) mass is 535 g/mol. The van der Waals surface area contributed by atoms with Crippen LogP contribution in [-0.2, 0) is 11.4 Å². The first-order valence-electron chi connectivity index (χ1n) is 12.7. The summed E-state index contributed by atoms with van der Waals surface area (Å²) in [6.45, 7) is 0.344. The van der Waals surface area contributed by atoms with Crippen molar-refractivity contribution in [3.05, 3.63) is 112 Å². The molecule has 0 saturated carbocycles. The van der Waals surface area contributed by atoms with E-state index >= 15 is 0 Å². The molecule has 0 radical (unpaired) electrons. The van der Waals surface area contributed by atoms with Gasteiger partial charge in [0, 0.05) is 17.7 Å². The summed E-state index contributed by atoms with van der Waals surface area (Å²) in [4.78, 5) is 30.4. The lowest BCUT2D eigenvalue weighted by Crippen LogP contribution is -2.22. The van der Waals surface area contributed by atoms with Crippen LogP contribution in [0.2, 0.25) is 0 Å². The van der Waals surface area contributed by atoms with Gasteiger partial charge in [-0.25, -0.2) is 0 Å². The zero-order chi connectivity index (χ0) is 27.6. The van der Waals surface area contributed by atoms with Crippen LogP contribution in [0.5, 0.6) is 23.0 Å². The van der Waals surface area contributed by atoms with E-state index in [4.69, 9.17) is 23.4 Å². The van der Waals surface area contributed by atoms with E-state index in [9.17, 15) is 9.59 Å². The second-order valence-corrected chi connectivity index (χ2v) is 9.31. The predicted molar refractivity (Wildman–Crippen MR) is 148 cm³/mol. The zero-order valence-electron chi connectivity index (χ0n) is 21.9. The highest BCUT2D eigenvalue weighted by atomic mass is 16.5. The number of rotatable bonds is 7. The first kappa shape index (κ1) is 25.2. The van der Waals surface area contributed by atoms with Crippen LogP contribution in [0.3, 0.4) is 0 Å². The molecule has 0 amide bonds. The summed E-state index contributed by atoms with van der Waals surface area (Å²) in [5, 5.41) is 0.393. The molecule has 5 aromatic rings. The van der Waals surface area contributed by atoms with Gasteiger partial charge in [0.1, 0.15) is 30.0 Å². The number of carbonyl (C=O) groups is 1. The fraction of sp³-hybridized carbons (Fsp3) is 0.156. The minimum absolute atomic E-state index is 0.112. The van der Waals surface area contributed by atoms with Crippen LogP contribution in [0.25, 0.3) is 22.1 Å². The van der Waals surface area contributed by atoms with Crippen LogP contribution in [0.4, 0.5) is 0 Å². The molecule has 3 heterocycles. The number of esters is 1. The standard InChI is InChI=1S/C32H25NO7/c1-36-26-12-8-20(15-28(26)37-2)25-18-39-32-23(31(25)35)11-13-27-30(32)24(16-29(34)40-27)19-6-9-22(10-7-19)38-17-21-5-3-4-14-33-21/h3-15,18,24H,16-17H2,1-2H3/t24-/m0/s1. The average Bonchev–Trinajstić information content (AvgIpc) is 3.00. The molecule has 2 aromatic heterocycles. The molecular formula is C32H25NO7. The Bertz CT molecular complexity index is 1760. The minimum Gasteiger partial charge on any atom is -0.493 e. The zero-order valence-corrected chi connectivity index (χ0v) is 21.9. The summed E-state index contributed by atoms with van der Waals surface area (Å²) in [5.74, 6) is 1.41. The Labute approximate surface area is 229 Å². The number of carbonyl (C=O) groups excluding carboxylic acids is 1. The van der Waals surface area contributed by atoms with Gasteiger partial charge >= 0.3 is 5.97 Å². The van der Waals surface area contributed by atoms with E-state index in [0.717, 1.165) is 11.3 Å². The van der Waals surface area contributed by atoms with Crippen LogP contribution in [-0.4, -0.2) is 25.2 Å². The molecule has 1 aliphatic rings. The van der Waals surface area contributed by atoms with E-state index in [1.165, 1.54) is 13.4 Å². The summed E-state index contributed by atoms with van der Waals surface area (Å²) < 4.78 is 28.2. The first-order chi connectivity index (χ1) is 19.6. The third kappa shape index (κ3) is 4.64. The molecule has 8 nitrogen and oxygen atoms in total. The van der Waals surface area contributed by atoms with Crippen LogP contribution >= 0.6 is 0 Å². The molecule has 1 atom stereocenters. The Hall–Kier alpha value is -5.11. The summed E-state index contributed by atoms with van der Waals surface area (Å²) >= 11 is 0. The highest BCUT2D eigenvalue weighted by Gasteiger charge is 2.32. The Kier molecular flexibility index (Phi) is 6.66. The van der Waals surface area contributed by atoms with Crippen molar-refractivity contribution in [2.45, 2.75) is 18.9 Å². The van der Waals surface area contributed by atoms with Gasteiger partial charge in [0.2, 0.25) is 5.43 Å². The number of nitrogens with zero attached hydrogens (tertiary/aromatic N) is 1. The topological polar surface area (TPSA) is 97.1 Å². The van der Waals surface area contributed by atoms with Crippen molar-refractivity contribution < 1.29 is 28.2 Å². The number of benzene rings is 3. The van der Waals surface area contributed by atoms with Crippen LogP contribution in [0, 0.1) is 0 Å². The van der Waals surface area contributed by atoms with Gasteiger partial charge in [-0.3, -0.25) is 14.6 Å². The fourth-order valence-corrected chi connectivity index (χ4v) is 4.98. The quantitative estimate of drug-likeness (QED) is 0.188. The lowest BCUT2D eigenvalue weighted by Gasteiger charge is -2.25. The molecule has 6 rings (SSSR count). The van der Waals surface area contributed by atoms with Gasteiger partial charge < -0.3 is 23.4 Å². The molecule has 0 unspecified atom stereocenters. The predicted octanol–water partition coefficient (Wildman–Crippen LogP) is 5.89. The number of methoxy groups -OCH3 is 2. The number of hydrogen-bond donors (Lipinski definition) is 0. The molecule has 8 heteroatoms. The third-order valence-electron chi connectivity index (χ3n) is 6.97. The van der Waals surface area contributed by atoms with Crippen LogP contribution in [0.15, 0.2) is 94.5 Å². The first-order valence-corrected chi connectivity index (χ1v) is 12.7. The minimum atomic E-state index is -0.361. The number of hydrogen-bond acceptors (Lipinski definition) is 8. The average molecular weight is 536 g/mol. The van der Waals surface area contributed by atoms with Crippen molar-refractivity contribution in [2.75, 3.05) is 14.2 Å². The van der Waals surface area contributed by atoms with Gasteiger partial charge in [-0.2, -0.15) is 0 Å². The fourth-order valence-electron chi connectivity index (χ4n) is 4.98. The lowest BCUT2D eigenvalue weighted by atomic mass is 9.85. The molecule has 0 aliphatic carbocycles. The normalized spacial score (nSPS) is 14.3. The number of pyridine rings is 1. The van der Waals surface area contributed by atoms with Crippen LogP contribution < -0.4 is 24.4 Å². The SMILES string of the molecule is COc1ccc(-c2coc3c4c(ccc3c2=O)OC(=O)C[C@H]4c2ccc(OCc3ccccn3)cc2)cc1OC. The van der Waals surface area contributed by atoms with Crippen molar-refractivity contribution in [3.8, 4) is 34.1 Å². The molecule has 1 aliphatic heterocycles. The van der Waals surface area contributed by atoms with E-state index in [1.54, 1.807) is 43.6 Å². The molecule has 0 N–H and O–H groups in total. The Balaban J connectivity index is 1.37. The number of ether oxygens (including phenoxy) is 4. The largest absolute Gasteiger partial charge is 0.493 e. The second-order valence-electron chi connectivity index (χ2n) is 9.31. The summed E-state index contributed by atoms with van der Waals surface area (Å²) in [7, 11) is 3.09. The van der Waals surface area contributed by atoms with E-state index in [1.807, 2.05) is 42.5 Å². The molecule has 3 aromatic carbocycles. The van der Waals surface area contributed by atoms with Gasteiger partial charge in [0.05, 0.1) is 37.3 Å². The molecule has 0 fully saturated rings. The van der Waals surface area contributed by atoms with E-state index < -0.39 is 0 Å². The Morgan fingerprint density at radius 1 is 0.925 bits per heavy atom. The van der Waals surface area contributed by atoms with Crippen molar-refractivity contribution in [1.29, 1.82) is 0 Å². The number of aromatic nitrogens is 1. The molecule has 0 spiro atoms. The maximum Gasteiger partial charge on any atom is 0.312 e. The van der Waals surface area contributed by atoms with Gasteiger partial charge in [-0.1, -0.05) is 24.3 Å². The second kappa shape index (κ2) is 10.6. The maximum absolute atomic E-state index is 13.6. The van der Waals surface area contributed by atoms with E-state index in [0.29, 0.717) is 57.3 Å². The van der Waals surface area contributed by atoms with Crippen molar-refractivity contribution in [2.24, 2.45) is 0 Å². The van der Waals surface area contributed by atoms with Crippen molar-refractivity contribution >= 4 is 16.9 Å². The van der Waals surface area contributed by atoms with Crippen molar-refractivity contribution in [3.63, 3.8) is 0 Å². The lowest BCUT2D eigenvalue weighted by molar-refractivity contribution is -0.135. The molecule has 0 saturated heterocycles. The maximum atomic E-state index is 13.6. The third-order valence-corrected chi connectivity index (χ3v) is 6.97.